The molecule has 0 saturated heterocycles. The predicted molar refractivity (Wildman–Crippen MR) is 100 cm³/mol. The van der Waals surface area contributed by atoms with Crippen LogP contribution < -0.4 is 0 Å². The van der Waals surface area contributed by atoms with Gasteiger partial charge in [-0.3, -0.25) is 9.78 Å². The minimum atomic E-state index is -0.504. The average molecular weight is 335 g/mol. The summed E-state index contributed by atoms with van der Waals surface area (Å²) in [4.78, 5) is 24.3. The maximum Gasteiger partial charge on any atom is 0.288 e. The molecule has 2 rings (SSSR count). The molecule has 130 valence electrons. The number of rotatable bonds is 7. The van der Waals surface area contributed by atoms with E-state index in [9.17, 15) is 4.79 Å². The highest BCUT2D eigenvalue weighted by Crippen LogP contribution is 2.29. The largest absolute Gasteiger partial charge is 0.359 e. The van der Waals surface area contributed by atoms with Crippen molar-refractivity contribution in [1.82, 2.24) is 9.97 Å². The van der Waals surface area contributed by atoms with Crippen LogP contribution >= 0.6 is 0 Å². The summed E-state index contributed by atoms with van der Waals surface area (Å²) in [5.74, 6) is 1.13. The van der Waals surface area contributed by atoms with Crippen molar-refractivity contribution in [3.8, 4) is 11.3 Å². The van der Waals surface area contributed by atoms with E-state index >= 15 is 0 Å². The second kappa shape index (κ2) is 8.02. The number of nitrogens with zero attached hydrogens (tertiary/aromatic N) is 3. The lowest BCUT2D eigenvalue weighted by molar-refractivity contribution is -0.123. The number of aromatic nitrogens is 2. The van der Waals surface area contributed by atoms with Gasteiger partial charge in [0.2, 0.25) is 0 Å². The van der Waals surface area contributed by atoms with Gasteiger partial charge in [0, 0.05) is 17.4 Å². The molecule has 1 aromatic carbocycles. The summed E-state index contributed by atoms with van der Waals surface area (Å²) in [6.07, 6.45) is 5.75. The van der Waals surface area contributed by atoms with E-state index in [-0.39, 0.29) is 11.6 Å². The van der Waals surface area contributed by atoms with Crippen LogP contribution in [0.15, 0.2) is 36.7 Å². The first-order valence-electron chi connectivity index (χ1n) is 8.72. The fraction of sp³-hybridized carbons (Fsp3) is 0.429. The minimum Gasteiger partial charge on any atom is -0.359 e. The first-order chi connectivity index (χ1) is 11.9. The Bertz CT molecular complexity index is 772. The normalized spacial score (nSPS) is 12.4. The summed E-state index contributed by atoms with van der Waals surface area (Å²) in [7, 11) is 0. The van der Waals surface area contributed by atoms with Crippen LogP contribution in [-0.4, -0.2) is 15.8 Å². The van der Waals surface area contributed by atoms with Crippen molar-refractivity contribution in [3.05, 3.63) is 53.6 Å². The molecule has 0 bridgehead atoms. The third-order valence-corrected chi connectivity index (χ3v) is 4.90. The predicted octanol–water partition coefficient (Wildman–Crippen LogP) is 5.37. The van der Waals surface area contributed by atoms with Crippen LogP contribution in [0.25, 0.3) is 16.1 Å². The fourth-order valence-corrected chi connectivity index (χ4v) is 2.66. The fourth-order valence-electron chi connectivity index (χ4n) is 2.66. The van der Waals surface area contributed by atoms with Gasteiger partial charge in [-0.05, 0) is 31.7 Å². The molecule has 2 aromatic rings. The van der Waals surface area contributed by atoms with Crippen molar-refractivity contribution in [2.75, 3.05) is 0 Å². The molecule has 1 unspecified atom stereocenters. The Morgan fingerprint density at radius 3 is 2.52 bits per heavy atom. The van der Waals surface area contributed by atoms with Gasteiger partial charge in [0.05, 0.1) is 12.4 Å². The summed E-state index contributed by atoms with van der Waals surface area (Å²) >= 11 is 0. The number of carbonyl (C=O) groups is 1. The zero-order chi connectivity index (χ0) is 18.4. The third kappa shape index (κ3) is 4.51. The minimum absolute atomic E-state index is 0.273. The Morgan fingerprint density at radius 1 is 1.24 bits per heavy atom. The summed E-state index contributed by atoms with van der Waals surface area (Å²) in [6, 6.07) is 7.83. The molecule has 0 amide bonds. The standard InChI is InChI=1S/C21H25N3O/c1-6-15(2)7-12-19(25)21(3,4)17-10-8-16(9-11-17)18-13-23-14-20(22-5)24-18/h8-11,13-15H,6-7,12H2,1-4H3. The highest BCUT2D eigenvalue weighted by molar-refractivity contribution is 5.89. The van der Waals surface area contributed by atoms with Gasteiger partial charge < -0.3 is 4.85 Å². The molecular weight excluding hydrogens is 310 g/mol. The molecule has 0 spiro atoms. The Labute approximate surface area is 150 Å². The molecule has 0 aliphatic carbocycles. The topological polar surface area (TPSA) is 47.2 Å². The van der Waals surface area contributed by atoms with E-state index < -0.39 is 5.41 Å². The number of hydrogen-bond acceptors (Lipinski definition) is 3. The highest BCUT2D eigenvalue weighted by atomic mass is 16.1. The molecule has 1 heterocycles. The Morgan fingerprint density at radius 2 is 1.92 bits per heavy atom. The summed E-state index contributed by atoms with van der Waals surface area (Å²) in [5, 5.41) is 0. The monoisotopic (exact) mass is 335 g/mol. The number of hydrogen-bond donors (Lipinski definition) is 0. The van der Waals surface area contributed by atoms with Crippen LogP contribution in [0.1, 0.15) is 52.5 Å². The molecule has 4 heteroatoms. The van der Waals surface area contributed by atoms with Gasteiger partial charge in [-0.1, -0.05) is 51.1 Å². The number of carbonyl (C=O) groups excluding carboxylic acids is 1. The van der Waals surface area contributed by atoms with Crippen molar-refractivity contribution < 1.29 is 4.79 Å². The van der Waals surface area contributed by atoms with E-state index in [0.29, 0.717) is 18.0 Å². The zero-order valence-electron chi connectivity index (χ0n) is 15.4. The summed E-state index contributed by atoms with van der Waals surface area (Å²) in [5.41, 5.74) is 2.06. The van der Waals surface area contributed by atoms with Crippen molar-refractivity contribution in [2.45, 2.75) is 52.4 Å². The first-order valence-corrected chi connectivity index (χ1v) is 8.72. The highest BCUT2D eigenvalue weighted by Gasteiger charge is 2.29. The van der Waals surface area contributed by atoms with Crippen LogP contribution in [-0.2, 0) is 10.2 Å². The molecular formula is C21H25N3O. The van der Waals surface area contributed by atoms with Crippen molar-refractivity contribution >= 4 is 11.6 Å². The summed E-state index contributed by atoms with van der Waals surface area (Å²) < 4.78 is 0. The second-order valence-corrected chi connectivity index (χ2v) is 7.05. The molecule has 1 atom stereocenters. The molecule has 0 saturated carbocycles. The average Bonchev–Trinajstić information content (AvgIpc) is 2.65. The van der Waals surface area contributed by atoms with E-state index in [1.165, 1.54) is 6.20 Å². The van der Waals surface area contributed by atoms with Crippen LogP contribution in [0.3, 0.4) is 0 Å². The smallest absolute Gasteiger partial charge is 0.288 e. The number of benzene rings is 1. The Hall–Kier alpha value is -2.54. The van der Waals surface area contributed by atoms with Crippen LogP contribution in [0, 0.1) is 12.5 Å². The lowest BCUT2D eigenvalue weighted by atomic mass is 9.78. The van der Waals surface area contributed by atoms with Crippen LogP contribution in [0.4, 0.5) is 5.82 Å². The van der Waals surface area contributed by atoms with E-state index in [0.717, 1.165) is 24.0 Å². The second-order valence-electron chi connectivity index (χ2n) is 7.05. The lowest BCUT2D eigenvalue weighted by Gasteiger charge is -2.24. The molecule has 0 aliphatic heterocycles. The van der Waals surface area contributed by atoms with Gasteiger partial charge >= 0.3 is 0 Å². The number of Topliss-reactive ketones (excluding diaryl/α,β-unsaturated/α-hetero) is 1. The van der Waals surface area contributed by atoms with Gasteiger partial charge in [0.25, 0.3) is 5.82 Å². The maximum atomic E-state index is 12.7. The van der Waals surface area contributed by atoms with Crippen molar-refractivity contribution in [3.63, 3.8) is 0 Å². The maximum absolute atomic E-state index is 12.7. The van der Waals surface area contributed by atoms with Gasteiger partial charge in [-0.15, -0.1) is 4.98 Å². The van der Waals surface area contributed by atoms with Crippen LogP contribution in [0.5, 0.6) is 0 Å². The number of ketones is 1. The quantitative estimate of drug-likeness (QED) is 0.639. The summed E-state index contributed by atoms with van der Waals surface area (Å²) in [6.45, 7) is 15.4. The van der Waals surface area contributed by atoms with E-state index in [1.807, 2.05) is 38.1 Å². The van der Waals surface area contributed by atoms with E-state index in [2.05, 4.69) is 28.7 Å². The van der Waals surface area contributed by atoms with E-state index in [1.54, 1.807) is 6.20 Å². The zero-order valence-corrected chi connectivity index (χ0v) is 15.4. The molecule has 4 nitrogen and oxygen atoms in total. The molecule has 0 aliphatic rings. The van der Waals surface area contributed by atoms with Crippen molar-refractivity contribution in [1.29, 1.82) is 0 Å². The SMILES string of the molecule is [C-]#[N+]c1cncc(-c2ccc(C(C)(C)C(=O)CCC(C)CC)cc2)n1. The van der Waals surface area contributed by atoms with Gasteiger partial charge in [-0.2, -0.15) is 0 Å². The van der Waals surface area contributed by atoms with Crippen LogP contribution in [0.2, 0.25) is 0 Å². The Balaban J connectivity index is 2.17. The van der Waals surface area contributed by atoms with E-state index in [4.69, 9.17) is 6.57 Å². The molecule has 0 radical (unpaired) electrons. The molecule has 1 aromatic heterocycles. The van der Waals surface area contributed by atoms with Gasteiger partial charge in [-0.25, -0.2) is 0 Å². The van der Waals surface area contributed by atoms with Crippen molar-refractivity contribution in [2.24, 2.45) is 5.92 Å². The molecule has 0 fully saturated rings. The Kier molecular flexibility index (Phi) is 6.03. The lowest BCUT2D eigenvalue weighted by Crippen LogP contribution is -2.29. The molecule has 0 N–H and O–H groups in total. The third-order valence-electron chi connectivity index (χ3n) is 4.90. The van der Waals surface area contributed by atoms with Gasteiger partial charge in [0.15, 0.2) is 5.69 Å². The molecule has 25 heavy (non-hydrogen) atoms. The first kappa shape index (κ1) is 18.8. The van der Waals surface area contributed by atoms with Gasteiger partial charge in [0.1, 0.15) is 5.78 Å².